The Morgan fingerprint density at radius 3 is 2.15 bits per heavy atom. The lowest BCUT2D eigenvalue weighted by Crippen LogP contribution is -2.51. The molecular formula is C14H30N4O2. The van der Waals surface area contributed by atoms with Gasteiger partial charge in [0.25, 0.3) is 0 Å². The third-order valence-electron chi connectivity index (χ3n) is 3.71. The number of carbonyl (C=O) groups excluding carboxylic acids is 1. The molecular weight excluding hydrogens is 256 g/mol. The predicted octanol–water partition coefficient (Wildman–Crippen LogP) is 1.24. The van der Waals surface area contributed by atoms with Crippen LogP contribution in [0.15, 0.2) is 5.16 Å². The number of nitrogens with two attached hydrogens (primary N) is 1. The smallest absolute Gasteiger partial charge is 0.233 e. The molecule has 0 bridgehead atoms. The normalized spacial score (nSPS) is 13.7. The number of hydrogen-bond acceptors (Lipinski definition) is 4. The summed E-state index contributed by atoms with van der Waals surface area (Å²) in [4.78, 5) is 14.5. The third kappa shape index (κ3) is 4.67. The van der Waals surface area contributed by atoms with E-state index in [9.17, 15) is 4.79 Å². The number of rotatable bonds is 8. The van der Waals surface area contributed by atoms with Crippen LogP contribution in [0.1, 0.15) is 40.5 Å². The van der Waals surface area contributed by atoms with Crippen LogP contribution in [-0.4, -0.2) is 49.0 Å². The number of nitrogens with zero attached hydrogens (tertiary/aromatic N) is 2. The van der Waals surface area contributed by atoms with Gasteiger partial charge in [0.05, 0.1) is 0 Å². The van der Waals surface area contributed by atoms with E-state index in [-0.39, 0.29) is 17.2 Å². The maximum absolute atomic E-state index is 12.5. The largest absolute Gasteiger partial charge is 0.409 e. The maximum atomic E-state index is 12.5. The second kappa shape index (κ2) is 7.47. The summed E-state index contributed by atoms with van der Waals surface area (Å²) < 4.78 is 0. The fourth-order valence-electron chi connectivity index (χ4n) is 2.55. The molecule has 0 fully saturated rings. The van der Waals surface area contributed by atoms with E-state index >= 15 is 0 Å². The molecule has 0 saturated carbocycles. The molecule has 0 aliphatic heterocycles. The van der Waals surface area contributed by atoms with Gasteiger partial charge in [0.2, 0.25) is 5.91 Å². The highest BCUT2D eigenvalue weighted by molar-refractivity contribution is 6.06. The van der Waals surface area contributed by atoms with E-state index in [2.05, 4.69) is 29.2 Å². The van der Waals surface area contributed by atoms with Crippen LogP contribution in [0.4, 0.5) is 0 Å². The summed E-state index contributed by atoms with van der Waals surface area (Å²) in [5.74, 6) is -0.199. The molecule has 0 aromatic carbocycles. The molecule has 0 spiro atoms. The molecule has 0 aromatic rings. The van der Waals surface area contributed by atoms with Crippen molar-refractivity contribution in [2.45, 2.75) is 40.5 Å². The highest BCUT2D eigenvalue weighted by atomic mass is 16.4. The number of carbonyl (C=O) groups is 1. The van der Waals surface area contributed by atoms with Crippen LogP contribution in [0.3, 0.4) is 0 Å². The maximum Gasteiger partial charge on any atom is 0.233 e. The minimum atomic E-state index is -0.928. The second-order valence-electron chi connectivity index (χ2n) is 6.36. The highest BCUT2D eigenvalue weighted by Crippen LogP contribution is 2.27. The fourth-order valence-corrected chi connectivity index (χ4v) is 2.55. The van der Waals surface area contributed by atoms with Crippen molar-refractivity contribution in [3.63, 3.8) is 0 Å². The van der Waals surface area contributed by atoms with Gasteiger partial charge in [-0.3, -0.25) is 4.79 Å². The van der Waals surface area contributed by atoms with Gasteiger partial charge in [-0.2, -0.15) is 0 Å². The molecule has 1 amide bonds. The zero-order valence-electron chi connectivity index (χ0n) is 13.7. The first kappa shape index (κ1) is 18.7. The highest BCUT2D eigenvalue weighted by Gasteiger charge is 2.40. The first-order chi connectivity index (χ1) is 9.15. The Kier molecular flexibility index (Phi) is 6.99. The number of nitrogens with one attached hydrogen (secondary N) is 1. The Bertz CT molecular complexity index is 347. The lowest BCUT2D eigenvalue weighted by Gasteiger charge is -2.33. The van der Waals surface area contributed by atoms with Crippen LogP contribution >= 0.6 is 0 Å². The average molecular weight is 286 g/mol. The van der Waals surface area contributed by atoms with Gasteiger partial charge in [-0.15, -0.1) is 0 Å². The van der Waals surface area contributed by atoms with Gasteiger partial charge in [0, 0.05) is 13.1 Å². The van der Waals surface area contributed by atoms with Crippen molar-refractivity contribution >= 4 is 11.7 Å². The molecule has 0 heterocycles. The molecule has 0 atom stereocenters. The standard InChI is InChI=1S/C14H30N4O2/c1-7-14(8-2,11(15)17-20)12(19)16-9-13(3,4)10-18(5)6/h20H,7-10H2,1-6H3,(H2,15,17)(H,16,19). The minimum absolute atomic E-state index is 0.0228. The van der Waals surface area contributed by atoms with Crippen molar-refractivity contribution in [2.75, 3.05) is 27.2 Å². The Hall–Kier alpha value is -1.30. The van der Waals surface area contributed by atoms with Gasteiger partial charge in [0.15, 0.2) is 5.84 Å². The molecule has 6 heteroatoms. The summed E-state index contributed by atoms with van der Waals surface area (Å²) >= 11 is 0. The second-order valence-corrected chi connectivity index (χ2v) is 6.36. The number of hydrogen-bond donors (Lipinski definition) is 3. The van der Waals surface area contributed by atoms with E-state index in [0.29, 0.717) is 19.4 Å². The van der Waals surface area contributed by atoms with Gasteiger partial charge in [-0.25, -0.2) is 0 Å². The SMILES string of the molecule is CCC(CC)(C(=O)NCC(C)(C)CN(C)C)C(N)=NO. The summed E-state index contributed by atoms with van der Waals surface area (Å²) in [5.41, 5.74) is 4.75. The lowest BCUT2D eigenvalue weighted by atomic mass is 9.79. The first-order valence-corrected chi connectivity index (χ1v) is 7.06. The summed E-state index contributed by atoms with van der Waals surface area (Å²) in [5, 5.41) is 14.9. The lowest BCUT2D eigenvalue weighted by molar-refractivity contribution is -0.128. The minimum Gasteiger partial charge on any atom is -0.409 e. The molecule has 0 aliphatic rings. The van der Waals surface area contributed by atoms with Gasteiger partial charge in [0.1, 0.15) is 5.41 Å². The summed E-state index contributed by atoms with van der Waals surface area (Å²) in [6.07, 6.45) is 0.999. The van der Waals surface area contributed by atoms with Crippen LogP contribution in [0.5, 0.6) is 0 Å². The monoisotopic (exact) mass is 286 g/mol. The average Bonchev–Trinajstić information content (AvgIpc) is 2.36. The van der Waals surface area contributed by atoms with E-state index in [4.69, 9.17) is 10.9 Å². The molecule has 4 N–H and O–H groups in total. The van der Waals surface area contributed by atoms with E-state index in [1.807, 2.05) is 27.9 Å². The molecule has 0 unspecified atom stereocenters. The van der Waals surface area contributed by atoms with Gasteiger partial charge in [-0.05, 0) is 32.4 Å². The van der Waals surface area contributed by atoms with Crippen LogP contribution in [0.2, 0.25) is 0 Å². The molecule has 118 valence electrons. The molecule has 0 rings (SSSR count). The van der Waals surface area contributed by atoms with Crippen molar-refractivity contribution in [1.29, 1.82) is 0 Å². The molecule has 0 saturated heterocycles. The fraction of sp³-hybridized carbons (Fsp3) is 0.857. The number of oxime groups is 1. The van der Waals surface area contributed by atoms with E-state index in [1.165, 1.54) is 0 Å². The van der Waals surface area contributed by atoms with Crippen molar-refractivity contribution in [3.8, 4) is 0 Å². The Balaban J connectivity index is 4.89. The Morgan fingerprint density at radius 1 is 1.30 bits per heavy atom. The molecule has 0 aliphatic carbocycles. The predicted molar refractivity (Wildman–Crippen MR) is 81.8 cm³/mol. The van der Waals surface area contributed by atoms with E-state index < -0.39 is 5.41 Å². The zero-order valence-corrected chi connectivity index (χ0v) is 13.7. The van der Waals surface area contributed by atoms with Crippen molar-refractivity contribution in [2.24, 2.45) is 21.7 Å². The van der Waals surface area contributed by atoms with Crippen molar-refractivity contribution in [3.05, 3.63) is 0 Å². The molecule has 6 nitrogen and oxygen atoms in total. The summed E-state index contributed by atoms with van der Waals surface area (Å²) in [6, 6.07) is 0. The van der Waals surface area contributed by atoms with Crippen LogP contribution in [0, 0.1) is 10.8 Å². The summed E-state index contributed by atoms with van der Waals surface area (Å²) in [7, 11) is 4.00. The van der Waals surface area contributed by atoms with Crippen LogP contribution < -0.4 is 11.1 Å². The molecule has 0 aromatic heterocycles. The third-order valence-corrected chi connectivity index (χ3v) is 3.71. The number of amides is 1. The number of amidine groups is 1. The van der Waals surface area contributed by atoms with Crippen LogP contribution in [0.25, 0.3) is 0 Å². The first-order valence-electron chi connectivity index (χ1n) is 7.06. The Labute approximate surface area is 122 Å². The molecule has 20 heavy (non-hydrogen) atoms. The quantitative estimate of drug-likeness (QED) is 0.271. The van der Waals surface area contributed by atoms with Gasteiger partial charge >= 0.3 is 0 Å². The van der Waals surface area contributed by atoms with Crippen molar-refractivity contribution in [1.82, 2.24) is 10.2 Å². The topological polar surface area (TPSA) is 91.0 Å². The molecule has 0 radical (unpaired) electrons. The van der Waals surface area contributed by atoms with E-state index in [0.717, 1.165) is 6.54 Å². The summed E-state index contributed by atoms with van der Waals surface area (Å²) in [6.45, 7) is 9.33. The van der Waals surface area contributed by atoms with Crippen LogP contribution in [-0.2, 0) is 4.79 Å². The Morgan fingerprint density at radius 2 is 1.80 bits per heavy atom. The van der Waals surface area contributed by atoms with E-state index in [1.54, 1.807) is 0 Å². The van der Waals surface area contributed by atoms with Gasteiger partial charge in [-0.1, -0.05) is 32.9 Å². The van der Waals surface area contributed by atoms with Gasteiger partial charge < -0.3 is 21.2 Å². The zero-order chi connectivity index (χ0) is 16.0. The van der Waals surface area contributed by atoms with Crippen molar-refractivity contribution < 1.29 is 10.0 Å².